The molecule has 2 heterocycles. The van der Waals surface area contributed by atoms with E-state index in [1.54, 1.807) is 11.4 Å². The summed E-state index contributed by atoms with van der Waals surface area (Å²) in [5, 5.41) is 2.18. The predicted molar refractivity (Wildman–Crippen MR) is 52.6 cm³/mol. The van der Waals surface area contributed by atoms with E-state index in [9.17, 15) is 4.79 Å². The Morgan fingerprint density at radius 1 is 1.73 bits per heavy atom. The van der Waals surface area contributed by atoms with Crippen LogP contribution in [0, 0.1) is 0 Å². The lowest BCUT2D eigenvalue weighted by molar-refractivity contribution is 0.121. The van der Waals surface area contributed by atoms with E-state index < -0.39 is 6.16 Å². The third kappa shape index (κ3) is 2.84. The van der Waals surface area contributed by atoms with Crippen LogP contribution < -0.4 is 9.47 Å². The Kier molecular flexibility index (Phi) is 3.08. The molecule has 1 aromatic heterocycles. The maximum Gasteiger partial charge on any atom is 0.514 e. The monoisotopic (exact) mass is 230 g/mol. The van der Waals surface area contributed by atoms with Crippen molar-refractivity contribution in [2.45, 2.75) is 6.10 Å². The van der Waals surface area contributed by atoms with Crippen LogP contribution in [-0.4, -0.2) is 32.6 Å². The highest BCUT2D eigenvalue weighted by Crippen LogP contribution is 2.34. The molecule has 5 nitrogen and oxygen atoms in total. The number of carbonyl (C=O) groups is 1. The van der Waals surface area contributed by atoms with Gasteiger partial charge in [0, 0.05) is 0 Å². The minimum absolute atomic E-state index is 0.177. The first-order valence-corrected chi connectivity index (χ1v) is 5.25. The number of hydrogen-bond donors (Lipinski definition) is 0. The molecule has 0 radical (unpaired) electrons. The van der Waals surface area contributed by atoms with Gasteiger partial charge in [0.05, 0.1) is 13.7 Å². The van der Waals surface area contributed by atoms with Crippen LogP contribution in [0.1, 0.15) is 0 Å². The molecule has 1 atom stereocenters. The molecule has 1 saturated heterocycles. The fourth-order valence-corrected chi connectivity index (χ4v) is 1.60. The number of ether oxygens (including phenoxy) is 4. The van der Waals surface area contributed by atoms with Crippen LogP contribution in [-0.2, 0) is 9.47 Å². The maximum absolute atomic E-state index is 10.9. The second-order valence-corrected chi connectivity index (χ2v) is 3.77. The maximum atomic E-state index is 10.9. The average molecular weight is 230 g/mol. The molecule has 0 aliphatic carbocycles. The van der Waals surface area contributed by atoms with E-state index in [4.69, 9.17) is 14.2 Å². The summed E-state index contributed by atoms with van der Waals surface area (Å²) in [6, 6.07) is 1.74. The van der Waals surface area contributed by atoms with Crippen molar-refractivity contribution in [1.29, 1.82) is 0 Å². The third-order valence-electron chi connectivity index (χ3n) is 1.77. The molecular weight excluding hydrogens is 220 g/mol. The lowest BCUT2D eigenvalue weighted by Crippen LogP contribution is -2.08. The summed E-state index contributed by atoms with van der Waals surface area (Å²) in [4.78, 5) is 10.9. The van der Waals surface area contributed by atoms with Crippen LogP contribution in [0.4, 0.5) is 4.79 Å². The van der Waals surface area contributed by atoms with Crippen molar-refractivity contribution in [1.82, 2.24) is 0 Å². The Morgan fingerprint density at radius 2 is 2.53 bits per heavy atom. The highest BCUT2D eigenvalue weighted by atomic mass is 32.1. The summed E-state index contributed by atoms with van der Waals surface area (Å²) in [6.07, 6.45) is -0.569. The van der Waals surface area contributed by atoms with Crippen LogP contribution in [0.15, 0.2) is 11.4 Å². The number of rotatable bonds is 4. The van der Waals surface area contributed by atoms with Crippen molar-refractivity contribution in [2.75, 3.05) is 20.3 Å². The second kappa shape index (κ2) is 4.50. The van der Waals surface area contributed by atoms with E-state index in [2.05, 4.69) is 4.74 Å². The zero-order valence-corrected chi connectivity index (χ0v) is 8.91. The molecule has 0 N–H and O–H groups in total. The van der Waals surface area contributed by atoms with Gasteiger partial charge in [-0.25, -0.2) is 4.79 Å². The fourth-order valence-electron chi connectivity index (χ4n) is 0.929. The van der Waals surface area contributed by atoms with Crippen molar-refractivity contribution in [3.8, 4) is 10.8 Å². The molecule has 1 fully saturated rings. The van der Waals surface area contributed by atoms with Gasteiger partial charge in [0.25, 0.3) is 0 Å². The van der Waals surface area contributed by atoms with Gasteiger partial charge in [-0.05, 0) is 11.4 Å². The SMILES string of the molecule is COC(=O)Oc1sccc1OCC1CO1. The summed E-state index contributed by atoms with van der Waals surface area (Å²) in [7, 11) is 1.26. The topological polar surface area (TPSA) is 57.3 Å². The molecule has 1 aliphatic rings. The molecule has 0 amide bonds. The number of methoxy groups -OCH3 is 1. The third-order valence-corrected chi connectivity index (χ3v) is 2.54. The predicted octanol–water partition coefficient (Wildman–Crippen LogP) is 1.67. The van der Waals surface area contributed by atoms with Gasteiger partial charge in [0.15, 0.2) is 5.75 Å². The van der Waals surface area contributed by atoms with E-state index in [0.717, 1.165) is 6.61 Å². The van der Waals surface area contributed by atoms with E-state index in [1.807, 2.05) is 0 Å². The average Bonchev–Trinajstić information content (AvgIpc) is 2.97. The number of carbonyl (C=O) groups excluding carboxylic acids is 1. The molecule has 6 heteroatoms. The Balaban J connectivity index is 1.91. The van der Waals surface area contributed by atoms with E-state index in [1.165, 1.54) is 18.4 Å². The van der Waals surface area contributed by atoms with Crippen LogP contribution in [0.2, 0.25) is 0 Å². The summed E-state index contributed by atoms with van der Waals surface area (Å²) in [5.74, 6) is 0.543. The number of thiophene rings is 1. The van der Waals surface area contributed by atoms with Gasteiger partial charge in [-0.15, -0.1) is 11.3 Å². The Labute approximate surface area is 90.5 Å². The normalized spacial score (nSPS) is 18.3. The Morgan fingerprint density at radius 3 is 3.20 bits per heavy atom. The number of hydrogen-bond acceptors (Lipinski definition) is 6. The van der Waals surface area contributed by atoms with Gasteiger partial charge in [0.1, 0.15) is 12.7 Å². The molecule has 0 aromatic carbocycles. The van der Waals surface area contributed by atoms with Crippen molar-refractivity contribution in [2.24, 2.45) is 0 Å². The van der Waals surface area contributed by atoms with Crippen molar-refractivity contribution in [3.05, 3.63) is 11.4 Å². The van der Waals surface area contributed by atoms with Crippen LogP contribution in [0.3, 0.4) is 0 Å². The summed E-state index contributed by atoms with van der Waals surface area (Å²) in [6.45, 7) is 1.21. The van der Waals surface area contributed by atoms with Gasteiger partial charge in [-0.1, -0.05) is 0 Å². The molecule has 2 rings (SSSR count). The highest BCUT2D eigenvalue weighted by Gasteiger charge is 2.24. The van der Waals surface area contributed by atoms with Crippen LogP contribution in [0.5, 0.6) is 10.8 Å². The molecule has 0 bridgehead atoms. The van der Waals surface area contributed by atoms with E-state index in [-0.39, 0.29) is 6.10 Å². The standard InChI is InChI=1S/C9H10O5S/c1-11-9(10)14-8-7(2-3-15-8)13-5-6-4-12-6/h2-3,6H,4-5H2,1H3. The second-order valence-electron chi connectivity index (χ2n) is 2.89. The van der Waals surface area contributed by atoms with E-state index >= 15 is 0 Å². The molecule has 0 spiro atoms. The van der Waals surface area contributed by atoms with Gasteiger partial charge in [-0.3, -0.25) is 0 Å². The molecule has 1 unspecified atom stereocenters. The fraction of sp³-hybridized carbons (Fsp3) is 0.444. The lowest BCUT2D eigenvalue weighted by Gasteiger charge is -2.04. The molecule has 0 saturated carbocycles. The minimum atomic E-state index is -0.745. The first-order chi connectivity index (χ1) is 7.29. The van der Waals surface area contributed by atoms with Crippen molar-refractivity contribution >= 4 is 17.5 Å². The van der Waals surface area contributed by atoms with Gasteiger partial charge >= 0.3 is 6.16 Å². The summed E-state index contributed by atoms with van der Waals surface area (Å²) >= 11 is 1.28. The molecular formula is C9H10O5S. The van der Waals surface area contributed by atoms with Gasteiger partial charge in [-0.2, -0.15) is 0 Å². The van der Waals surface area contributed by atoms with Crippen molar-refractivity contribution < 1.29 is 23.7 Å². The van der Waals surface area contributed by atoms with E-state index in [0.29, 0.717) is 17.4 Å². The summed E-state index contributed by atoms with van der Waals surface area (Å²) < 4.78 is 19.7. The largest absolute Gasteiger partial charge is 0.514 e. The summed E-state index contributed by atoms with van der Waals surface area (Å²) in [5.41, 5.74) is 0. The Hall–Kier alpha value is -1.27. The molecule has 1 aliphatic heterocycles. The number of epoxide rings is 1. The van der Waals surface area contributed by atoms with Crippen molar-refractivity contribution in [3.63, 3.8) is 0 Å². The first-order valence-electron chi connectivity index (χ1n) is 4.37. The highest BCUT2D eigenvalue weighted by molar-refractivity contribution is 7.12. The first kappa shape index (κ1) is 10.3. The zero-order valence-electron chi connectivity index (χ0n) is 8.10. The van der Waals surface area contributed by atoms with Gasteiger partial charge < -0.3 is 18.9 Å². The lowest BCUT2D eigenvalue weighted by atomic mass is 10.5. The molecule has 1 aromatic rings. The molecule has 15 heavy (non-hydrogen) atoms. The van der Waals surface area contributed by atoms with Gasteiger partial charge in [0.2, 0.25) is 5.06 Å². The smallest absolute Gasteiger partial charge is 0.486 e. The van der Waals surface area contributed by atoms with Crippen LogP contribution in [0.25, 0.3) is 0 Å². The van der Waals surface area contributed by atoms with Crippen LogP contribution >= 0.6 is 11.3 Å². The molecule has 82 valence electrons. The Bertz CT molecular complexity index is 344. The minimum Gasteiger partial charge on any atom is -0.486 e. The zero-order chi connectivity index (χ0) is 10.7. The quantitative estimate of drug-likeness (QED) is 0.581.